The van der Waals surface area contributed by atoms with Gasteiger partial charge in [-0.05, 0) is 62.0 Å². The summed E-state index contributed by atoms with van der Waals surface area (Å²) in [6.07, 6.45) is 6.05. The molecule has 1 aromatic heterocycles. The molecule has 1 aliphatic rings. The minimum Gasteiger partial charge on any atom is -0.429 e. The topological polar surface area (TPSA) is 78.3 Å². The molecule has 1 heterocycles. The second kappa shape index (κ2) is 7.27. The average Bonchev–Trinajstić information content (AvgIpc) is 2.92. The third kappa shape index (κ3) is 4.00. The molecule has 0 aliphatic heterocycles. The van der Waals surface area contributed by atoms with E-state index in [4.69, 9.17) is 16.6 Å². The number of oxazole rings is 1. The van der Waals surface area contributed by atoms with Crippen molar-refractivity contribution in [3.63, 3.8) is 0 Å². The van der Waals surface area contributed by atoms with Crippen LogP contribution in [-0.2, 0) is 0 Å². The largest absolute Gasteiger partial charge is 0.429 e. The highest BCUT2D eigenvalue weighted by Crippen LogP contribution is 2.27. The Kier molecular flexibility index (Phi) is 5.13. The highest BCUT2D eigenvalue weighted by Gasteiger charge is 2.22. The number of aromatic nitrogens is 1. The fraction of sp³-hybridized carbons (Fsp3) is 0.529. The Morgan fingerprint density at radius 1 is 1.39 bits per heavy atom. The molecule has 2 aromatic rings. The molecule has 1 aliphatic carbocycles. The summed E-state index contributed by atoms with van der Waals surface area (Å²) in [4.78, 5) is 15.4. The van der Waals surface area contributed by atoms with E-state index in [0.29, 0.717) is 28.4 Å². The number of carbonyl (C=O) groups excluding carboxylic acids is 1. The number of aliphatic hydroxyl groups excluding tert-OH is 1. The quantitative estimate of drug-likeness (QED) is 0.577. The van der Waals surface area contributed by atoms with Crippen molar-refractivity contribution < 1.29 is 14.3 Å². The van der Waals surface area contributed by atoms with Gasteiger partial charge >= 0.3 is 0 Å². The smallest absolute Gasteiger partial charge is 0.266 e. The lowest BCUT2D eigenvalue weighted by Crippen LogP contribution is -2.27. The first-order chi connectivity index (χ1) is 11.1. The van der Waals surface area contributed by atoms with Gasteiger partial charge in [-0.25, -0.2) is 0 Å². The number of aromatic amines is 1. The monoisotopic (exact) mass is 334 g/mol. The minimum absolute atomic E-state index is 0.113. The second-order valence-electron chi connectivity index (χ2n) is 6.24. The molecular weight excluding hydrogens is 312 g/mol. The predicted molar refractivity (Wildman–Crippen MR) is 90.9 cm³/mol. The molecule has 0 radical (unpaired) electrons. The fourth-order valence-corrected chi connectivity index (χ4v) is 3.48. The van der Waals surface area contributed by atoms with Crippen LogP contribution < -0.4 is 5.32 Å². The van der Waals surface area contributed by atoms with Crippen LogP contribution in [0.25, 0.3) is 11.1 Å². The zero-order valence-corrected chi connectivity index (χ0v) is 13.8. The van der Waals surface area contributed by atoms with E-state index in [-0.39, 0.29) is 12.0 Å². The number of hydrogen-bond donors (Lipinski definition) is 3. The lowest BCUT2D eigenvalue weighted by atomic mass is 9.83. The van der Waals surface area contributed by atoms with Gasteiger partial charge in [-0.15, -0.1) is 0 Å². The van der Waals surface area contributed by atoms with Crippen LogP contribution in [0.15, 0.2) is 22.6 Å². The van der Waals surface area contributed by atoms with E-state index < -0.39 is 0 Å². The van der Waals surface area contributed by atoms with Crippen LogP contribution in [-0.4, -0.2) is 28.6 Å². The summed E-state index contributed by atoms with van der Waals surface area (Å²) in [5.74, 6) is 0.277. The number of fused-ring (bicyclic) bond motifs is 1. The van der Waals surface area contributed by atoms with Gasteiger partial charge in [0.25, 0.3) is 10.7 Å². The summed E-state index contributed by atoms with van der Waals surface area (Å²) in [7, 11) is 0. The van der Waals surface area contributed by atoms with Crippen LogP contribution in [0.1, 0.15) is 48.9 Å². The van der Waals surface area contributed by atoms with Gasteiger partial charge < -0.3 is 19.8 Å². The Morgan fingerprint density at radius 2 is 2.22 bits per heavy atom. The van der Waals surface area contributed by atoms with Gasteiger partial charge in [-0.2, -0.15) is 0 Å². The molecule has 6 heteroatoms. The minimum atomic E-state index is -0.162. The van der Waals surface area contributed by atoms with Crippen molar-refractivity contribution in [1.29, 1.82) is 0 Å². The Labute approximate surface area is 140 Å². The molecule has 1 amide bonds. The van der Waals surface area contributed by atoms with Crippen LogP contribution in [0.3, 0.4) is 0 Å². The third-order valence-corrected chi connectivity index (χ3v) is 4.77. The molecule has 0 bridgehead atoms. The number of H-pyrrole nitrogens is 1. The number of amides is 1. The second-order valence-corrected chi connectivity index (χ2v) is 6.61. The molecule has 23 heavy (non-hydrogen) atoms. The van der Waals surface area contributed by atoms with E-state index >= 15 is 0 Å². The van der Waals surface area contributed by atoms with Crippen LogP contribution in [0.5, 0.6) is 0 Å². The van der Waals surface area contributed by atoms with Crippen LogP contribution in [0.4, 0.5) is 0 Å². The summed E-state index contributed by atoms with van der Waals surface area (Å²) in [6, 6.07) is 5.24. The van der Waals surface area contributed by atoms with Gasteiger partial charge in [0.1, 0.15) is 0 Å². The van der Waals surface area contributed by atoms with Crippen molar-refractivity contribution in [3.05, 3.63) is 28.6 Å². The summed E-state index contributed by atoms with van der Waals surface area (Å²) in [5, 5.41) is 12.9. The molecule has 0 unspecified atom stereocenters. The molecule has 0 spiro atoms. The normalized spacial score (nSPS) is 21.4. The summed E-state index contributed by atoms with van der Waals surface area (Å²) < 4.78 is 5.33. The number of benzene rings is 1. The van der Waals surface area contributed by atoms with Crippen molar-refractivity contribution in [3.8, 4) is 0 Å². The molecule has 1 fully saturated rings. The average molecular weight is 334 g/mol. The highest BCUT2D eigenvalue weighted by atomic mass is 32.1. The first-order valence-corrected chi connectivity index (χ1v) is 8.63. The molecule has 3 rings (SSSR count). The van der Waals surface area contributed by atoms with E-state index in [2.05, 4.69) is 10.3 Å². The van der Waals surface area contributed by atoms with E-state index in [9.17, 15) is 9.90 Å². The van der Waals surface area contributed by atoms with E-state index in [1.165, 1.54) is 6.42 Å². The maximum Gasteiger partial charge on any atom is 0.266 e. The molecule has 1 saturated carbocycles. The fourth-order valence-electron chi connectivity index (χ4n) is 3.28. The maximum atomic E-state index is 12.2. The first-order valence-electron chi connectivity index (χ1n) is 8.22. The Morgan fingerprint density at radius 3 is 3.04 bits per heavy atom. The van der Waals surface area contributed by atoms with E-state index in [1.807, 2.05) is 0 Å². The maximum absolute atomic E-state index is 12.2. The van der Waals surface area contributed by atoms with Crippen LogP contribution in [0, 0.1) is 10.8 Å². The van der Waals surface area contributed by atoms with Crippen molar-refractivity contribution in [2.24, 2.45) is 5.92 Å². The van der Waals surface area contributed by atoms with Gasteiger partial charge in [0, 0.05) is 12.1 Å². The molecule has 3 N–H and O–H groups in total. The van der Waals surface area contributed by atoms with Crippen LogP contribution >= 0.6 is 12.2 Å². The lowest BCUT2D eigenvalue weighted by Gasteiger charge is -2.27. The molecule has 5 nitrogen and oxygen atoms in total. The number of aliphatic hydroxyl groups is 1. The number of nitrogens with one attached hydrogen (secondary N) is 2. The standard InChI is InChI=1S/C17H22N2O3S/c20-14-6-2-1-4-11(14)5-3-9-18-16(21)12-7-8-13-15(10-12)22-17(23)19-13/h7-8,10-11,14,20H,1-6,9H2,(H,18,21)(H,19,23)/t11-,14-/m0/s1. The molecule has 124 valence electrons. The number of rotatable bonds is 5. The molecule has 2 atom stereocenters. The Balaban J connectivity index is 1.49. The van der Waals surface area contributed by atoms with Gasteiger partial charge in [0.15, 0.2) is 5.58 Å². The third-order valence-electron chi connectivity index (χ3n) is 4.59. The lowest BCUT2D eigenvalue weighted by molar-refractivity contribution is 0.0641. The zero-order valence-electron chi connectivity index (χ0n) is 13.0. The summed E-state index contributed by atoms with van der Waals surface area (Å²) in [6.45, 7) is 0.622. The van der Waals surface area contributed by atoms with Crippen molar-refractivity contribution >= 4 is 29.2 Å². The number of carbonyl (C=O) groups is 1. The van der Waals surface area contributed by atoms with Gasteiger partial charge in [-0.1, -0.05) is 12.8 Å². The zero-order chi connectivity index (χ0) is 16.2. The van der Waals surface area contributed by atoms with Gasteiger partial charge in [0.05, 0.1) is 11.6 Å². The van der Waals surface area contributed by atoms with Crippen molar-refractivity contribution in [2.45, 2.75) is 44.6 Å². The Hall–Kier alpha value is -1.66. The summed E-state index contributed by atoms with van der Waals surface area (Å²) in [5.41, 5.74) is 1.94. The molecular formula is C17H22N2O3S. The van der Waals surface area contributed by atoms with Crippen molar-refractivity contribution in [2.75, 3.05) is 6.54 Å². The predicted octanol–water partition coefficient (Wildman–Crippen LogP) is 3.55. The molecule has 0 saturated heterocycles. The van der Waals surface area contributed by atoms with Crippen LogP contribution in [0.2, 0.25) is 0 Å². The van der Waals surface area contributed by atoms with Gasteiger partial charge in [0.2, 0.25) is 0 Å². The highest BCUT2D eigenvalue weighted by molar-refractivity contribution is 7.71. The summed E-state index contributed by atoms with van der Waals surface area (Å²) >= 11 is 4.94. The Bertz CT molecular complexity index is 737. The van der Waals surface area contributed by atoms with Crippen molar-refractivity contribution in [1.82, 2.24) is 10.3 Å². The van der Waals surface area contributed by atoms with Gasteiger partial charge in [-0.3, -0.25) is 4.79 Å². The van der Waals surface area contributed by atoms with E-state index in [1.54, 1.807) is 18.2 Å². The SMILES string of the molecule is O=C(NCCC[C@@H]1CCCC[C@@H]1O)c1ccc2[nH]c(=S)oc2c1. The number of hydrogen-bond acceptors (Lipinski definition) is 4. The van der Waals surface area contributed by atoms with E-state index in [0.717, 1.165) is 37.6 Å². The first kappa shape index (κ1) is 16.2. The molecule has 1 aromatic carbocycles.